The zero-order valence-corrected chi connectivity index (χ0v) is 19.1. The minimum Gasteiger partial charge on any atom is -0.484 e. The molecular formula is C26H21FN2O4S. The van der Waals surface area contributed by atoms with E-state index in [-0.39, 0.29) is 29.5 Å². The maximum Gasteiger partial charge on any atom is 0.293 e. The molecular weight excluding hydrogens is 455 g/mol. The topological polar surface area (TPSA) is 75.7 Å². The zero-order chi connectivity index (χ0) is 24.1. The van der Waals surface area contributed by atoms with Crippen molar-refractivity contribution in [1.82, 2.24) is 4.90 Å². The van der Waals surface area contributed by atoms with Crippen LogP contribution in [0.25, 0.3) is 6.08 Å². The number of rotatable bonds is 7. The van der Waals surface area contributed by atoms with Crippen LogP contribution in [0.4, 0.5) is 14.9 Å². The Kier molecular flexibility index (Phi) is 7.08. The number of ether oxygens (including phenoxy) is 1. The maximum absolute atomic E-state index is 13.9. The summed E-state index contributed by atoms with van der Waals surface area (Å²) < 4.78 is 19.5. The Morgan fingerprint density at radius 1 is 1.06 bits per heavy atom. The van der Waals surface area contributed by atoms with E-state index in [9.17, 15) is 18.8 Å². The fraction of sp³-hybridized carbons (Fsp3) is 0.115. The molecule has 0 aromatic heterocycles. The molecule has 4 rings (SSSR count). The third kappa shape index (κ3) is 5.71. The summed E-state index contributed by atoms with van der Waals surface area (Å²) in [6.07, 6.45) is 1.58. The maximum atomic E-state index is 13.9. The van der Waals surface area contributed by atoms with Gasteiger partial charge in [0.05, 0.1) is 11.4 Å². The second kappa shape index (κ2) is 10.4. The predicted molar refractivity (Wildman–Crippen MR) is 130 cm³/mol. The highest BCUT2D eigenvalue weighted by molar-refractivity contribution is 8.18. The lowest BCUT2D eigenvalue weighted by Gasteiger charge is -2.12. The van der Waals surface area contributed by atoms with E-state index in [1.165, 1.54) is 12.1 Å². The van der Waals surface area contributed by atoms with Gasteiger partial charge in [-0.05, 0) is 66.2 Å². The summed E-state index contributed by atoms with van der Waals surface area (Å²) in [6, 6.07) is 20.3. The van der Waals surface area contributed by atoms with Gasteiger partial charge in [-0.1, -0.05) is 42.5 Å². The summed E-state index contributed by atoms with van der Waals surface area (Å²) in [4.78, 5) is 38.5. The van der Waals surface area contributed by atoms with Gasteiger partial charge in [0.2, 0.25) is 0 Å². The number of nitrogens with one attached hydrogen (secondary N) is 1. The third-order valence-electron chi connectivity index (χ3n) is 4.99. The number of hydrogen-bond donors (Lipinski definition) is 1. The lowest BCUT2D eigenvalue weighted by atomic mass is 10.2. The Hall–Kier alpha value is -3.91. The van der Waals surface area contributed by atoms with Crippen LogP contribution in [0.15, 0.2) is 77.7 Å². The molecule has 0 atom stereocenters. The number of benzene rings is 3. The number of carbonyl (C=O) groups excluding carboxylic acids is 3. The lowest BCUT2D eigenvalue weighted by Crippen LogP contribution is -2.27. The third-order valence-corrected chi connectivity index (χ3v) is 5.89. The number of carbonyl (C=O) groups is 3. The Morgan fingerprint density at radius 2 is 1.85 bits per heavy atom. The van der Waals surface area contributed by atoms with Crippen LogP contribution in [0, 0.1) is 12.7 Å². The van der Waals surface area contributed by atoms with Gasteiger partial charge in [-0.25, -0.2) is 4.39 Å². The van der Waals surface area contributed by atoms with E-state index < -0.39 is 17.0 Å². The van der Waals surface area contributed by atoms with Gasteiger partial charge in [0, 0.05) is 11.3 Å². The summed E-state index contributed by atoms with van der Waals surface area (Å²) in [5.41, 5.74) is 2.62. The van der Waals surface area contributed by atoms with Gasteiger partial charge in [-0.15, -0.1) is 0 Å². The van der Waals surface area contributed by atoms with E-state index in [1.54, 1.807) is 48.5 Å². The molecule has 1 saturated heterocycles. The molecule has 0 unspecified atom stereocenters. The summed E-state index contributed by atoms with van der Waals surface area (Å²) in [5.74, 6) is -0.812. The molecule has 3 amide bonds. The smallest absolute Gasteiger partial charge is 0.293 e. The minimum absolute atomic E-state index is 0.131. The van der Waals surface area contributed by atoms with Crippen LogP contribution in [-0.2, 0) is 16.1 Å². The number of imide groups is 1. The first-order valence-electron chi connectivity index (χ1n) is 10.5. The molecule has 0 saturated carbocycles. The predicted octanol–water partition coefficient (Wildman–Crippen LogP) is 5.39. The normalized spacial score (nSPS) is 14.5. The van der Waals surface area contributed by atoms with Gasteiger partial charge >= 0.3 is 0 Å². The van der Waals surface area contributed by atoms with Crippen LogP contribution in [-0.4, -0.2) is 28.6 Å². The fourth-order valence-corrected chi connectivity index (χ4v) is 4.19. The minimum atomic E-state index is -0.484. The zero-order valence-electron chi connectivity index (χ0n) is 18.3. The van der Waals surface area contributed by atoms with Crippen LogP contribution >= 0.6 is 11.8 Å². The molecule has 3 aromatic carbocycles. The molecule has 0 bridgehead atoms. The van der Waals surface area contributed by atoms with E-state index in [0.717, 1.165) is 22.2 Å². The van der Waals surface area contributed by atoms with Gasteiger partial charge in [0.1, 0.15) is 11.6 Å². The largest absolute Gasteiger partial charge is 0.484 e. The van der Waals surface area contributed by atoms with Crippen molar-refractivity contribution in [2.45, 2.75) is 13.5 Å². The molecule has 0 radical (unpaired) electrons. The number of anilines is 1. The molecule has 3 aromatic rings. The number of aryl methyl sites for hydroxylation is 1. The summed E-state index contributed by atoms with van der Waals surface area (Å²) in [7, 11) is 0. The molecule has 34 heavy (non-hydrogen) atoms. The number of thioether (sulfide) groups is 1. The SMILES string of the molecule is Cc1cccc(NC(=O)COc2cccc(/C=C3\SC(=O)N(Cc4ccccc4F)C3=O)c2)c1. The number of hydrogen-bond acceptors (Lipinski definition) is 5. The van der Waals surface area contributed by atoms with Crippen molar-refractivity contribution in [3.05, 3.63) is 100 Å². The number of nitrogens with zero attached hydrogens (tertiary/aromatic N) is 1. The van der Waals surface area contributed by atoms with Crippen molar-refractivity contribution < 1.29 is 23.5 Å². The average molecular weight is 477 g/mol. The summed E-state index contributed by atoms with van der Waals surface area (Å²) in [5, 5.41) is 2.31. The average Bonchev–Trinajstić information content (AvgIpc) is 3.07. The second-order valence-electron chi connectivity index (χ2n) is 7.64. The Bertz CT molecular complexity index is 1290. The van der Waals surface area contributed by atoms with E-state index >= 15 is 0 Å². The van der Waals surface area contributed by atoms with Crippen LogP contribution in [0.3, 0.4) is 0 Å². The molecule has 1 heterocycles. The molecule has 1 N–H and O–H groups in total. The van der Waals surface area contributed by atoms with E-state index in [0.29, 0.717) is 17.0 Å². The highest BCUT2D eigenvalue weighted by Gasteiger charge is 2.35. The van der Waals surface area contributed by atoms with Gasteiger partial charge in [-0.2, -0.15) is 0 Å². The monoisotopic (exact) mass is 476 g/mol. The lowest BCUT2D eigenvalue weighted by molar-refractivity contribution is -0.123. The number of halogens is 1. The van der Waals surface area contributed by atoms with Crippen molar-refractivity contribution in [2.24, 2.45) is 0 Å². The van der Waals surface area contributed by atoms with Gasteiger partial charge in [0.25, 0.3) is 17.1 Å². The van der Waals surface area contributed by atoms with Crippen molar-refractivity contribution in [3.8, 4) is 5.75 Å². The van der Waals surface area contributed by atoms with Crippen LogP contribution < -0.4 is 10.1 Å². The van der Waals surface area contributed by atoms with Crippen molar-refractivity contribution in [3.63, 3.8) is 0 Å². The molecule has 172 valence electrons. The summed E-state index contributed by atoms with van der Waals surface area (Å²) in [6.45, 7) is 1.62. The van der Waals surface area contributed by atoms with Crippen molar-refractivity contribution >= 4 is 40.6 Å². The highest BCUT2D eigenvalue weighted by Crippen LogP contribution is 2.34. The van der Waals surface area contributed by atoms with Crippen LogP contribution in [0.1, 0.15) is 16.7 Å². The fourth-order valence-electron chi connectivity index (χ4n) is 3.35. The first-order valence-corrected chi connectivity index (χ1v) is 11.3. The van der Waals surface area contributed by atoms with E-state index in [1.807, 2.05) is 25.1 Å². The Labute approximate surface area is 200 Å². The quantitative estimate of drug-likeness (QED) is 0.463. The molecule has 0 aliphatic carbocycles. The molecule has 0 spiro atoms. The first kappa shape index (κ1) is 23.3. The van der Waals surface area contributed by atoms with E-state index in [4.69, 9.17) is 4.74 Å². The first-order chi connectivity index (χ1) is 16.4. The van der Waals surface area contributed by atoms with E-state index in [2.05, 4.69) is 5.32 Å². The van der Waals surface area contributed by atoms with Crippen molar-refractivity contribution in [2.75, 3.05) is 11.9 Å². The Morgan fingerprint density at radius 3 is 2.65 bits per heavy atom. The summed E-state index contributed by atoms with van der Waals surface area (Å²) >= 11 is 0.799. The molecule has 8 heteroatoms. The van der Waals surface area contributed by atoms with Crippen LogP contribution in [0.5, 0.6) is 5.75 Å². The van der Waals surface area contributed by atoms with Gasteiger partial charge < -0.3 is 10.1 Å². The number of amides is 3. The highest BCUT2D eigenvalue weighted by atomic mass is 32.2. The molecule has 6 nitrogen and oxygen atoms in total. The second-order valence-corrected chi connectivity index (χ2v) is 8.63. The van der Waals surface area contributed by atoms with Crippen molar-refractivity contribution in [1.29, 1.82) is 0 Å². The standard InChI is InChI=1S/C26H21FN2O4S/c1-17-6-4-9-20(12-17)28-24(30)16-33-21-10-5-7-18(13-21)14-23-25(31)29(26(32)34-23)15-19-8-2-3-11-22(19)27/h2-14H,15-16H2,1H3,(H,28,30)/b23-14-. The molecule has 1 aliphatic heterocycles. The van der Waals surface area contributed by atoms with Crippen LogP contribution in [0.2, 0.25) is 0 Å². The van der Waals surface area contributed by atoms with Gasteiger partial charge in [0.15, 0.2) is 6.61 Å². The molecule has 1 aliphatic rings. The van der Waals surface area contributed by atoms with Gasteiger partial charge in [-0.3, -0.25) is 19.3 Å². The Balaban J connectivity index is 1.40. The molecule has 1 fully saturated rings.